The van der Waals surface area contributed by atoms with Gasteiger partial charge >= 0.3 is 0 Å². The molecule has 0 saturated heterocycles. The summed E-state index contributed by atoms with van der Waals surface area (Å²) in [6, 6.07) is 8.26. The van der Waals surface area contributed by atoms with Crippen LogP contribution in [0.1, 0.15) is 24.1 Å². The summed E-state index contributed by atoms with van der Waals surface area (Å²) < 4.78 is 21.5. The fraction of sp³-hybridized carbons (Fsp3) is 0.455. The van der Waals surface area contributed by atoms with E-state index in [1.807, 2.05) is 38.1 Å². The minimum absolute atomic E-state index is 0.0385. The molecule has 1 aromatic rings. The Morgan fingerprint density at radius 1 is 1.31 bits per heavy atom. The second-order valence-corrected chi connectivity index (χ2v) is 5.69. The Bertz CT molecular complexity index is 426. The van der Waals surface area contributed by atoms with Crippen LogP contribution in [-0.4, -0.2) is 20.7 Å². The van der Waals surface area contributed by atoms with E-state index in [4.69, 9.17) is 5.14 Å². The second kappa shape index (κ2) is 5.43. The molecular formula is C11H18N2O2S. The van der Waals surface area contributed by atoms with Crippen LogP contribution in [0.4, 0.5) is 0 Å². The largest absolute Gasteiger partial charge is 0.309 e. The van der Waals surface area contributed by atoms with Crippen LogP contribution in [0, 0.1) is 6.92 Å². The molecule has 0 fully saturated rings. The number of sulfonamides is 1. The fourth-order valence-electron chi connectivity index (χ4n) is 1.39. The van der Waals surface area contributed by atoms with Crippen LogP contribution in [-0.2, 0) is 10.0 Å². The molecule has 0 aliphatic carbocycles. The first kappa shape index (κ1) is 13.2. The van der Waals surface area contributed by atoms with Crippen molar-refractivity contribution < 1.29 is 8.42 Å². The molecule has 0 saturated carbocycles. The summed E-state index contributed by atoms with van der Waals surface area (Å²) in [5.74, 6) is -0.0385. The third kappa shape index (κ3) is 4.74. The van der Waals surface area contributed by atoms with Crippen molar-refractivity contribution in [1.82, 2.24) is 5.32 Å². The summed E-state index contributed by atoms with van der Waals surface area (Å²) in [5, 5.41) is 8.03. The van der Waals surface area contributed by atoms with Crippen molar-refractivity contribution in [2.24, 2.45) is 5.14 Å². The van der Waals surface area contributed by atoms with E-state index in [-0.39, 0.29) is 11.8 Å². The predicted molar refractivity (Wildman–Crippen MR) is 65.6 cm³/mol. The molecule has 0 amide bonds. The molecule has 0 unspecified atom stereocenters. The molecule has 4 nitrogen and oxygen atoms in total. The first-order chi connectivity index (χ1) is 7.38. The zero-order chi connectivity index (χ0) is 12.2. The third-order valence-corrected chi connectivity index (χ3v) is 3.19. The van der Waals surface area contributed by atoms with E-state index >= 15 is 0 Å². The van der Waals surface area contributed by atoms with Gasteiger partial charge in [-0.25, -0.2) is 13.6 Å². The number of aryl methyl sites for hydroxylation is 1. The Hall–Kier alpha value is -0.910. The number of primary sulfonamides is 1. The van der Waals surface area contributed by atoms with E-state index in [0.29, 0.717) is 6.54 Å². The zero-order valence-electron chi connectivity index (χ0n) is 9.60. The summed E-state index contributed by atoms with van der Waals surface area (Å²) in [4.78, 5) is 0. The van der Waals surface area contributed by atoms with Gasteiger partial charge in [-0.1, -0.05) is 29.8 Å². The minimum Gasteiger partial charge on any atom is -0.309 e. The van der Waals surface area contributed by atoms with Crippen molar-refractivity contribution >= 4 is 10.0 Å². The number of hydrogen-bond donors (Lipinski definition) is 2. The van der Waals surface area contributed by atoms with Crippen LogP contribution >= 0.6 is 0 Å². The van der Waals surface area contributed by atoms with E-state index in [2.05, 4.69) is 5.32 Å². The van der Waals surface area contributed by atoms with Crippen LogP contribution in [0.25, 0.3) is 0 Å². The standard InChI is InChI=1S/C11H18N2O2S/c1-9-3-5-11(6-4-9)10(2)13-7-8-16(12,14)15/h3-6,10,13H,7-8H2,1-2H3,(H2,12,14,15)/t10-/m1/s1. The van der Waals surface area contributed by atoms with Gasteiger partial charge in [0.15, 0.2) is 0 Å². The average molecular weight is 242 g/mol. The van der Waals surface area contributed by atoms with Gasteiger partial charge in [0, 0.05) is 12.6 Å². The predicted octanol–water partition coefficient (Wildman–Crippen LogP) is 0.934. The van der Waals surface area contributed by atoms with Gasteiger partial charge in [0.2, 0.25) is 10.0 Å². The normalized spacial score (nSPS) is 13.7. The van der Waals surface area contributed by atoms with Gasteiger partial charge in [0.25, 0.3) is 0 Å². The summed E-state index contributed by atoms with van der Waals surface area (Å²) >= 11 is 0. The minimum atomic E-state index is -3.37. The Labute approximate surface area is 96.9 Å². The summed E-state index contributed by atoms with van der Waals surface area (Å²) in [7, 11) is -3.37. The van der Waals surface area contributed by atoms with Gasteiger partial charge in [-0.2, -0.15) is 0 Å². The first-order valence-corrected chi connectivity index (χ1v) is 6.90. The van der Waals surface area contributed by atoms with Crippen LogP contribution in [0.5, 0.6) is 0 Å². The van der Waals surface area contributed by atoms with Gasteiger partial charge in [0.1, 0.15) is 0 Å². The summed E-state index contributed by atoms with van der Waals surface area (Å²) in [5.41, 5.74) is 2.35. The van der Waals surface area contributed by atoms with E-state index in [1.165, 1.54) is 5.56 Å². The molecule has 90 valence electrons. The molecular weight excluding hydrogens is 224 g/mol. The Balaban J connectivity index is 2.47. The number of nitrogens with two attached hydrogens (primary N) is 1. The van der Waals surface area contributed by atoms with Crippen LogP contribution in [0.2, 0.25) is 0 Å². The topological polar surface area (TPSA) is 72.2 Å². The van der Waals surface area contributed by atoms with Crippen LogP contribution < -0.4 is 10.5 Å². The number of benzene rings is 1. The molecule has 0 spiro atoms. The van der Waals surface area contributed by atoms with E-state index < -0.39 is 10.0 Å². The lowest BCUT2D eigenvalue weighted by Crippen LogP contribution is -2.28. The van der Waals surface area contributed by atoms with Gasteiger partial charge in [-0.15, -0.1) is 0 Å². The first-order valence-electron chi connectivity index (χ1n) is 5.19. The molecule has 1 atom stereocenters. The summed E-state index contributed by atoms with van der Waals surface area (Å²) in [6.45, 7) is 4.39. The van der Waals surface area contributed by atoms with Crippen LogP contribution in [0.3, 0.4) is 0 Å². The lowest BCUT2D eigenvalue weighted by Gasteiger charge is -2.13. The zero-order valence-corrected chi connectivity index (χ0v) is 10.4. The van der Waals surface area contributed by atoms with Gasteiger partial charge in [0.05, 0.1) is 5.75 Å². The lowest BCUT2D eigenvalue weighted by atomic mass is 10.1. The molecule has 1 aromatic carbocycles. The lowest BCUT2D eigenvalue weighted by molar-refractivity contribution is 0.573. The SMILES string of the molecule is Cc1ccc([C@@H](C)NCCS(N)(=O)=O)cc1. The van der Waals surface area contributed by atoms with E-state index in [9.17, 15) is 8.42 Å². The second-order valence-electron chi connectivity index (χ2n) is 3.95. The Morgan fingerprint density at radius 2 is 1.88 bits per heavy atom. The average Bonchev–Trinajstić information content (AvgIpc) is 2.16. The van der Waals surface area contributed by atoms with Crippen LogP contribution in [0.15, 0.2) is 24.3 Å². The highest BCUT2D eigenvalue weighted by atomic mass is 32.2. The molecule has 1 rings (SSSR count). The summed E-state index contributed by atoms with van der Waals surface area (Å²) in [6.07, 6.45) is 0. The van der Waals surface area contributed by atoms with E-state index in [0.717, 1.165) is 5.56 Å². The highest BCUT2D eigenvalue weighted by Crippen LogP contribution is 2.12. The molecule has 0 bridgehead atoms. The van der Waals surface area contributed by atoms with Gasteiger partial charge in [-0.05, 0) is 19.4 Å². The van der Waals surface area contributed by atoms with Crippen molar-refractivity contribution in [3.63, 3.8) is 0 Å². The van der Waals surface area contributed by atoms with Crippen molar-refractivity contribution in [3.8, 4) is 0 Å². The Morgan fingerprint density at radius 3 is 2.38 bits per heavy atom. The Kier molecular flexibility index (Phi) is 4.46. The number of hydrogen-bond acceptors (Lipinski definition) is 3. The molecule has 0 radical (unpaired) electrons. The maximum absolute atomic E-state index is 10.7. The van der Waals surface area contributed by atoms with Crippen molar-refractivity contribution in [3.05, 3.63) is 35.4 Å². The quantitative estimate of drug-likeness (QED) is 0.807. The van der Waals surface area contributed by atoms with Crippen molar-refractivity contribution in [2.45, 2.75) is 19.9 Å². The molecule has 3 N–H and O–H groups in total. The molecule has 16 heavy (non-hydrogen) atoms. The molecule has 0 heterocycles. The maximum Gasteiger partial charge on any atom is 0.210 e. The highest BCUT2D eigenvalue weighted by molar-refractivity contribution is 7.89. The smallest absolute Gasteiger partial charge is 0.210 e. The molecule has 0 aliphatic heterocycles. The highest BCUT2D eigenvalue weighted by Gasteiger charge is 2.06. The third-order valence-electron chi connectivity index (χ3n) is 2.41. The number of rotatable bonds is 5. The molecule has 0 aromatic heterocycles. The molecule has 5 heteroatoms. The molecule has 0 aliphatic rings. The van der Waals surface area contributed by atoms with Gasteiger partial charge in [-0.3, -0.25) is 0 Å². The monoisotopic (exact) mass is 242 g/mol. The number of nitrogens with one attached hydrogen (secondary N) is 1. The van der Waals surface area contributed by atoms with Gasteiger partial charge < -0.3 is 5.32 Å². The maximum atomic E-state index is 10.7. The fourth-order valence-corrected chi connectivity index (χ4v) is 1.79. The van der Waals surface area contributed by atoms with Crippen molar-refractivity contribution in [2.75, 3.05) is 12.3 Å². The van der Waals surface area contributed by atoms with E-state index in [1.54, 1.807) is 0 Å². The van der Waals surface area contributed by atoms with Crippen molar-refractivity contribution in [1.29, 1.82) is 0 Å².